The summed E-state index contributed by atoms with van der Waals surface area (Å²) in [5.41, 5.74) is 0. The van der Waals surface area contributed by atoms with Gasteiger partial charge in [0.15, 0.2) is 50.3 Å². The van der Waals surface area contributed by atoms with Gasteiger partial charge in [0.1, 0.15) is 195 Å². The Labute approximate surface area is 783 Å². The van der Waals surface area contributed by atoms with E-state index in [9.17, 15) is 138 Å². The van der Waals surface area contributed by atoms with Gasteiger partial charge in [0.2, 0.25) is 5.91 Å². The van der Waals surface area contributed by atoms with Crippen molar-refractivity contribution in [3.05, 3.63) is 12.2 Å². The van der Waals surface area contributed by atoms with Gasteiger partial charge in [0, 0.05) is 6.42 Å². The number of hydrogen-bond acceptors (Lipinski definition) is 43. The lowest BCUT2D eigenvalue weighted by molar-refractivity contribution is -0.401. The van der Waals surface area contributed by atoms with Gasteiger partial charge in [-0.25, -0.2) is 0 Å². The monoisotopic (exact) mass is 1950 g/mol. The predicted molar refractivity (Wildman–Crippen MR) is 464 cm³/mol. The molecule has 42 atom stereocenters. The fourth-order valence-corrected chi connectivity index (χ4v) is 18.3. The van der Waals surface area contributed by atoms with Crippen LogP contribution in [0.4, 0.5) is 0 Å². The first kappa shape index (κ1) is 117. The Morgan fingerprint density at radius 1 is 0.261 bits per heavy atom. The Hall–Kier alpha value is -2.47. The van der Waals surface area contributed by atoms with Gasteiger partial charge in [-0.05, 0) is 19.3 Å². The van der Waals surface area contributed by atoms with Crippen molar-refractivity contribution in [3.63, 3.8) is 0 Å². The number of ether oxygens (including phenoxy) is 16. The molecule has 0 spiro atoms. The molecule has 8 heterocycles. The molecule has 0 bridgehead atoms. The van der Waals surface area contributed by atoms with Crippen LogP contribution in [0.2, 0.25) is 0 Å². The standard InChI is InChI=1S/C90H163NO43/c1-3-5-7-9-11-13-15-17-18-19-20-21-22-23-24-26-28-30-32-34-36-38-58(101)91-48(49(100)37-35-33-31-29-27-25-16-14-12-10-8-6-4-2)47-119-83-69(112)66(109)76(56(45-98)126-83)128-85-70(113)67(110)77(57(46-99)127-85)129-86-71(114)79(61(104)51(40-93)121-86)131-88-73(116)81(63(106)53(42-95)123-88)133-90-75(118)82(64(107)55(44-97)125-90)134-89-74(117)80(62(105)54(43-96)124-89)132-87-72(115)78(60(103)52(41-94)122-87)130-84-68(111)65(108)59(102)50(39-92)120-84/h35,37,48-57,59-90,92-100,102-118H,3-34,36,38-47H2,1-2H3,(H,91,101)/b37-35+/t48-,49+,50?,51?,52?,53?,54?,55?,56?,57?,59-,60-,61-,62-,63-,64-,65-,66+,67+,68?,69?,70?,71?,72?,73?,74?,75?,76+,77-,78-,79-,80-,81-,82-,83+,84+,85-,86-,87+,88+,89+,90+/m0/s1. The van der Waals surface area contributed by atoms with Crippen molar-refractivity contribution in [2.75, 3.05) is 59.5 Å². The number of rotatable bonds is 62. The summed E-state index contributed by atoms with van der Waals surface area (Å²) in [5, 5.41) is 293. The van der Waals surface area contributed by atoms with Crippen molar-refractivity contribution in [2.45, 2.75) is 490 Å². The second-order valence-electron chi connectivity index (χ2n) is 36.9. The zero-order chi connectivity index (χ0) is 97.7. The van der Waals surface area contributed by atoms with Gasteiger partial charge in [0.25, 0.3) is 0 Å². The molecule has 8 aliphatic rings. The van der Waals surface area contributed by atoms with E-state index in [4.69, 9.17) is 75.8 Å². The third-order valence-corrected chi connectivity index (χ3v) is 26.7. The molecule has 8 saturated heterocycles. The molecule has 27 N–H and O–H groups in total. The molecule has 0 radical (unpaired) electrons. The van der Waals surface area contributed by atoms with E-state index >= 15 is 0 Å². The van der Waals surface area contributed by atoms with Crippen molar-refractivity contribution in [1.29, 1.82) is 0 Å². The van der Waals surface area contributed by atoms with Gasteiger partial charge in [-0.3, -0.25) is 4.79 Å². The third-order valence-electron chi connectivity index (χ3n) is 26.7. The Kier molecular flexibility index (Phi) is 53.7. The van der Waals surface area contributed by atoms with Crippen molar-refractivity contribution in [1.82, 2.24) is 5.32 Å². The average molecular weight is 1950 g/mol. The molecule has 0 saturated carbocycles. The zero-order valence-electron chi connectivity index (χ0n) is 77.4. The smallest absolute Gasteiger partial charge is 0.220 e. The third kappa shape index (κ3) is 33.6. The molecule has 1 amide bonds. The van der Waals surface area contributed by atoms with Gasteiger partial charge in [-0.1, -0.05) is 219 Å². The lowest BCUT2D eigenvalue weighted by Gasteiger charge is -2.50. The molecule has 134 heavy (non-hydrogen) atoms. The van der Waals surface area contributed by atoms with Crippen molar-refractivity contribution < 1.29 is 213 Å². The van der Waals surface area contributed by atoms with Gasteiger partial charge in [-0.2, -0.15) is 0 Å². The first-order valence-electron chi connectivity index (χ1n) is 49.0. The number of aliphatic hydroxyl groups excluding tert-OH is 26. The van der Waals surface area contributed by atoms with Gasteiger partial charge in [-0.15, -0.1) is 0 Å². The minimum atomic E-state index is -2.39. The van der Waals surface area contributed by atoms with Crippen LogP contribution in [-0.2, 0) is 80.6 Å². The van der Waals surface area contributed by atoms with Crippen LogP contribution >= 0.6 is 0 Å². The van der Waals surface area contributed by atoms with Gasteiger partial charge < -0.3 is 214 Å². The molecule has 8 rings (SSSR count). The molecule has 16 unspecified atom stereocenters. The minimum absolute atomic E-state index is 0.164. The molecule has 0 aromatic rings. The molecule has 44 nitrogen and oxygen atoms in total. The maximum Gasteiger partial charge on any atom is 0.220 e. The quantitative estimate of drug-likeness (QED) is 0.0201. The molecular formula is C90H163NO43. The van der Waals surface area contributed by atoms with Crippen molar-refractivity contribution >= 4 is 5.91 Å². The topological polar surface area (TPSA) is 703 Å². The molecule has 0 aliphatic carbocycles. The van der Waals surface area contributed by atoms with E-state index in [1.54, 1.807) is 6.08 Å². The SMILES string of the molecule is CCCCCCCCCCCCC/C=C/[C@@H](O)[C@H](CO[C@@H]1OC(CO)[C@@H](O[C@@H]2OC(CO)[C@H](O[C@@H]3OC(CO)[C@H](O)[C@H](O[C@H]4OC(CO)[C@H](O)[C@H](O[C@H]5OC(CO)[C@H](O)[C@H](O[C@H]6OC(CO)[C@H](O)[C@H](O[C@H]7OC(CO)[C@H](O)[C@H](O[C@H]8OC(CO)[C@H](O)[C@H](O)C8O)C7O)C6O)C5O)C4O)C3O)[C@H](O)C2O)[C@H](O)C1O)NC(=O)CCCCCCCCCCCCCCCCCCCCCCC. The largest absolute Gasteiger partial charge is 0.394 e. The highest BCUT2D eigenvalue weighted by Crippen LogP contribution is 2.40. The van der Waals surface area contributed by atoms with Crippen LogP contribution in [0.25, 0.3) is 0 Å². The number of nitrogens with one attached hydrogen (secondary N) is 1. The van der Waals surface area contributed by atoms with Crippen LogP contribution in [-0.4, -0.2) is 456 Å². The number of hydrogen-bond donors (Lipinski definition) is 27. The van der Waals surface area contributed by atoms with Crippen LogP contribution in [0.3, 0.4) is 0 Å². The van der Waals surface area contributed by atoms with Crippen LogP contribution in [0, 0.1) is 0 Å². The first-order valence-corrected chi connectivity index (χ1v) is 49.0. The summed E-state index contributed by atoms with van der Waals surface area (Å²) in [5.74, 6) is -0.351. The summed E-state index contributed by atoms with van der Waals surface area (Å²) in [6, 6.07) is -1.08. The normalized spacial score (nSPS) is 40.1. The molecule has 8 aliphatic heterocycles. The van der Waals surface area contributed by atoms with E-state index in [-0.39, 0.29) is 12.3 Å². The van der Waals surface area contributed by atoms with Crippen LogP contribution in [0.15, 0.2) is 12.2 Å². The Balaban J connectivity index is 0.848. The molecule has 786 valence electrons. The van der Waals surface area contributed by atoms with E-state index < -0.39 is 317 Å². The number of allylic oxidation sites excluding steroid dienone is 1. The molecule has 0 aromatic heterocycles. The zero-order valence-corrected chi connectivity index (χ0v) is 77.4. The summed E-state index contributed by atoms with van der Waals surface area (Å²) in [4.78, 5) is 13.6. The van der Waals surface area contributed by atoms with E-state index in [1.807, 2.05) is 6.08 Å². The number of aliphatic hydroxyl groups is 26. The number of carbonyl (C=O) groups excluding carboxylic acids is 1. The van der Waals surface area contributed by atoms with Crippen molar-refractivity contribution in [3.8, 4) is 0 Å². The summed E-state index contributed by atoms with van der Waals surface area (Å²) in [6.45, 7) is -4.47. The Bertz CT molecular complexity index is 3120. The number of amides is 1. The van der Waals surface area contributed by atoms with E-state index in [1.165, 1.54) is 148 Å². The van der Waals surface area contributed by atoms with E-state index in [2.05, 4.69) is 19.2 Å². The average Bonchev–Trinajstić information content (AvgIpc) is 0.759. The predicted octanol–water partition coefficient (Wildman–Crippen LogP) is -4.72. The van der Waals surface area contributed by atoms with Gasteiger partial charge in [0.05, 0.1) is 71.6 Å². The highest BCUT2D eigenvalue weighted by Gasteiger charge is 2.60. The van der Waals surface area contributed by atoms with Crippen molar-refractivity contribution in [2.24, 2.45) is 0 Å². The second kappa shape index (κ2) is 61.6. The Morgan fingerprint density at radius 3 is 0.769 bits per heavy atom. The Morgan fingerprint density at radius 2 is 0.485 bits per heavy atom. The fraction of sp³-hybridized carbons (Fsp3) is 0.967. The van der Waals surface area contributed by atoms with Crippen LogP contribution in [0.5, 0.6) is 0 Å². The maximum absolute atomic E-state index is 13.6. The lowest BCUT2D eigenvalue weighted by atomic mass is 9.95. The van der Waals surface area contributed by atoms with E-state index in [0.717, 1.165) is 51.4 Å². The summed E-state index contributed by atoms with van der Waals surface area (Å²) < 4.78 is 92.4. The fourth-order valence-electron chi connectivity index (χ4n) is 18.3. The number of unbranched alkanes of at least 4 members (excludes halogenated alkanes) is 31. The molecule has 0 aromatic carbocycles. The summed E-state index contributed by atoms with van der Waals surface area (Å²) in [6.07, 6.45) is -41.0. The first-order chi connectivity index (χ1) is 64.5. The molecule has 8 fully saturated rings. The van der Waals surface area contributed by atoms with Crippen LogP contribution in [0.1, 0.15) is 232 Å². The highest BCUT2D eigenvalue weighted by molar-refractivity contribution is 5.76. The second-order valence-corrected chi connectivity index (χ2v) is 36.9. The van der Waals surface area contributed by atoms with E-state index in [0.29, 0.717) is 12.8 Å². The molecule has 44 heteroatoms. The minimum Gasteiger partial charge on any atom is -0.394 e. The summed E-state index contributed by atoms with van der Waals surface area (Å²) >= 11 is 0. The summed E-state index contributed by atoms with van der Waals surface area (Å²) in [7, 11) is 0. The highest BCUT2D eigenvalue weighted by atomic mass is 16.8. The maximum atomic E-state index is 13.6. The number of carbonyl (C=O) groups is 1. The molecular weight excluding hydrogens is 1780 g/mol. The van der Waals surface area contributed by atoms with Crippen LogP contribution < -0.4 is 5.32 Å². The van der Waals surface area contributed by atoms with Gasteiger partial charge >= 0.3 is 0 Å². The lowest BCUT2D eigenvalue weighted by Crippen LogP contribution is -2.69.